The largest absolute Gasteiger partial charge is 0.401 e. The summed E-state index contributed by atoms with van der Waals surface area (Å²) in [5.41, 5.74) is 5.46. The quantitative estimate of drug-likeness (QED) is 0.251. The third-order valence-electron chi connectivity index (χ3n) is 8.07. The van der Waals surface area contributed by atoms with Crippen molar-refractivity contribution in [2.45, 2.75) is 113 Å². The zero-order valence-electron chi connectivity index (χ0n) is 30.9. The molecule has 2 fully saturated rings. The minimum absolute atomic E-state index is 0.521. The average molecular weight is 648 g/mol. The molecule has 0 N–H and O–H groups in total. The van der Waals surface area contributed by atoms with E-state index in [2.05, 4.69) is 92.6 Å². The molecule has 2 heterocycles. The van der Waals surface area contributed by atoms with Crippen LogP contribution in [0.3, 0.4) is 0 Å². The Hall–Kier alpha value is -2.15. The number of benzene rings is 2. The summed E-state index contributed by atoms with van der Waals surface area (Å²) in [7, 11) is 0. The molecule has 0 aromatic heterocycles. The number of piperazine rings is 1. The van der Waals surface area contributed by atoms with Crippen LogP contribution < -0.4 is 0 Å². The highest BCUT2D eigenvalue weighted by atomic mass is 19.4. The SMILES string of the molecule is C=CC.CC.CC.CCCCN1CCN(Cc2cccc(C(C)C)c2)CC1.Cc1ccc(CC2CCN(CC(F)(F)F)CC2)cc1. The fourth-order valence-electron chi connectivity index (χ4n) is 5.52. The molecule has 2 aliphatic rings. The Bertz CT molecular complexity index is 988. The normalized spacial score (nSPS) is 16.0. The first-order valence-electron chi connectivity index (χ1n) is 18.0. The summed E-state index contributed by atoms with van der Waals surface area (Å²) in [5.74, 6) is 1.15. The molecule has 4 rings (SSSR count). The molecule has 0 amide bonds. The van der Waals surface area contributed by atoms with Crippen molar-refractivity contribution in [2.24, 2.45) is 5.92 Å². The molecule has 2 aromatic carbocycles. The second-order valence-electron chi connectivity index (χ2n) is 12.3. The van der Waals surface area contributed by atoms with Gasteiger partial charge in [0.15, 0.2) is 0 Å². The van der Waals surface area contributed by atoms with Gasteiger partial charge in [-0.25, -0.2) is 0 Å². The molecule has 0 saturated carbocycles. The highest BCUT2D eigenvalue weighted by Crippen LogP contribution is 2.25. The summed E-state index contributed by atoms with van der Waals surface area (Å²) >= 11 is 0. The van der Waals surface area contributed by atoms with Crippen molar-refractivity contribution in [3.8, 4) is 0 Å². The van der Waals surface area contributed by atoms with E-state index in [9.17, 15) is 13.2 Å². The van der Waals surface area contributed by atoms with Gasteiger partial charge in [-0.15, -0.1) is 6.58 Å². The van der Waals surface area contributed by atoms with E-state index in [1.54, 1.807) is 6.08 Å². The van der Waals surface area contributed by atoms with Crippen molar-refractivity contribution in [2.75, 3.05) is 52.4 Å². The molecular weight excluding hydrogens is 579 g/mol. The number of allylic oxidation sites excluding steroid dienone is 1. The first-order chi connectivity index (χ1) is 22.0. The maximum absolute atomic E-state index is 12.3. The van der Waals surface area contributed by atoms with Gasteiger partial charge in [-0.05, 0) is 87.7 Å². The minimum atomic E-state index is -4.07. The Morgan fingerprint density at radius 3 is 1.87 bits per heavy atom. The number of likely N-dealkylation sites (tertiary alicyclic amines) is 1. The summed E-state index contributed by atoms with van der Waals surface area (Å²) < 4.78 is 36.8. The first-order valence-corrected chi connectivity index (χ1v) is 18.0. The molecule has 0 bridgehead atoms. The Morgan fingerprint density at radius 1 is 0.826 bits per heavy atom. The minimum Gasteiger partial charge on any atom is -0.301 e. The van der Waals surface area contributed by atoms with Crippen LogP contribution in [0.5, 0.6) is 0 Å². The maximum atomic E-state index is 12.3. The second kappa shape index (κ2) is 25.9. The summed E-state index contributed by atoms with van der Waals surface area (Å²) in [6.07, 6.45) is 3.05. The average Bonchev–Trinajstić information content (AvgIpc) is 3.05. The highest BCUT2D eigenvalue weighted by molar-refractivity contribution is 5.25. The highest BCUT2D eigenvalue weighted by Gasteiger charge is 2.32. The zero-order valence-corrected chi connectivity index (χ0v) is 30.9. The van der Waals surface area contributed by atoms with Gasteiger partial charge in [0.2, 0.25) is 0 Å². The van der Waals surface area contributed by atoms with E-state index in [4.69, 9.17) is 0 Å². The topological polar surface area (TPSA) is 9.72 Å². The summed E-state index contributed by atoms with van der Waals surface area (Å²) in [5, 5.41) is 0. The van der Waals surface area contributed by atoms with E-state index < -0.39 is 12.7 Å². The molecule has 3 nitrogen and oxygen atoms in total. The number of piperidine rings is 1. The van der Waals surface area contributed by atoms with Crippen LogP contribution in [0, 0.1) is 12.8 Å². The number of halogens is 3. The van der Waals surface area contributed by atoms with Crippen molar-refractivity contribution in [3.05, 3.63) is 83.4 Å². The predicted molar refractivity (Wildman–Crippen MR) is 196 cm³/mol. The molecule has 2 saturated heterocycles. The van der Waals surface area contributed by atoms with Gasteiger partial charge in [0, 0.05) is 32.7 Å². The van der Waals surface area contributed by atoms with Crippen LogP contribution in [0.1, 0.15) is 109 Å². The monoisotopic (exact) mass is 648 g/mol. The molecular formula is C40H68F3N3. The van der Waals surface area contributed by atoms with E-state index in [-0.39, 0.29) is 0 Å². The smallest absolute Gasteiger partial charge is 0.301 e. The van der Waals surface area contributed by atoms with Crippen LogP contribution in [0.4, 0.5) is 13.2 Å². The molecule has 6 heteroatoms. The molecule has 0 unspecified atom stereocenters. The van der Waals surface area contributed by atoms with Gasteiger partial charge in [-0.1, -0.05) is 115 Å². The van der Waals surface area contributed by atoms with Crippen molar-refractivity contribution < 1.29 is 13.2 Å². The summed E-state index contributed by atoms with van der Waals surface area (Å²) in [6, 6.07) is 17.5. The lowest BCUT2D eigenvalue weighted by Crippen LogP contribution is -2.46. The molecule has 2 aromatic rings. The standard InChI is InChI=1S/C18H30N2.C15H20F3N.C3H6.2C2H6/c1-4-5-9-19-10-12-20(13-11-19)15-17-7-6-8-18(14-17)16(2)3;1-12-2-4-13(5-3-12)10-14-6-8-19(9-7-14)11-15(16,17)18;1-3-2;2*1-2/h6-8,14,16H,4-5,9-13,15H2,1-3H3;2-5,14H,6-11H2,1H3;3H,1H2,2H3;2*1-2H3. The van der Waals surface area contributed by atoms with Crippen LogP contribution in [0.2, 0.25) is 0 Å². The molecule has 0 atom stereocenters. The van der Waals surface area contributed by atoms with E-state index in [0.717, 1.165) is 25.8 Å². The molecule has 0 aliphatic carbocycles. The third kappa shape index (κ3) is 20.2. The van der Waals surface area contributed by atoms with E-state index in [0.29, 0.717) is 24.9 Å². The fraction of sp³-hybridized carbons (Fsp3) is 0.650. The number of rotatable bonds is 9. The number of alkyl halides is 3. The lowest BCUT2D eigenvalue weighted by molar-refractivity contribution is -0.148. The zero-order chi connectivity index (χ0) is 35.0. The van der Waals surface area contributed by atoms with Crippen LogP contribution in [0.15, 0.2) is 61.2 Å². The molecule has 46 heavy (non-hydrogen) atoms. The van der Waals surface area contributed by atoms with Gasteiger partial charge in [0.05, 0.1) is 6.54 Å². The maximum Gasteiger partial charge on any atom is 0.401 e. The summed E-state index contributed by atoms with van der Waals surface area (Å²) in [4.78, 5) is 6.73. The van der Waals surface area contributed by atoms with Gasteiger partial charge < -0.3 is 4.90 Å². The van der Waals surface area contributed by atoms with Crippen molar-refractivity contribution >= 4 is 0 Å². The van der Waals surface area contributed by atoms with E-state index in [1.165, 1.54) is 72.7 Å². The molecule has 0 spiro atoms. The van der Waals surface area contributed by atoms with Gasteiger partial charge in [-0.3, -0.25) is 9.80 Å². The lowest BCUT2D eigenvalue weighted by atomic mass is 9.90. The van der Waals surface area contributed by atoms with Crippen LogP contribution in [0.25, 0.3) is 0 Å². The van der Waals surface area contributed by atoms with Gasteiger partial charge in [0.25, 0.3) is 0 Å². The number of hydrogen-bond acceptors (Lipinski definition) is 3. The van der Waals surface area contributed by atoms with E-state index in [1.807, 2.05) is 34.6 Å². The van der Waals surface area contributed by atoms with E-state index >= 15 is 0 Å². The van der Waals surface area contributed by atoms with Crippen LogP contribution in [-0.4, -0.2) is 73.2 Å². The van der Waals surface area contributed by atoms with Crippen molar-refractivity contribution in [1.29, 1.82) is 0 Å². The van der Waals surface area contributed by atoms with Gasteiger partial charge in [-0.2, -0.15) is 13.2 Å². The Kier molecular flexibility index (Phi) is 24.7. The number of aryl methyl sites for hydroxylation is 1. The van der Waals surface area contributed by atoms with Crippen LogP contribution >= 0.6 is 0 Å². The second-order valence-corrected chi connectivity index (χ2v) is 12.3. The van der Waals surface area contributed by atoms with Gasteiger partial charge >= 0.3 is 6.18 Å². The van der Waals surface area contributed by atoms with Crippen molar-refractivity contribution in [3.63, 3.8) is 0 Å². The van der Waals surface area contributed by atoms with Crippen LogP contribution in [-0.2, 0) is 13.0 Å². The number of unbranched alkanes of at least 4 members (excludes halogenated alkanes) is 1. The predicted octanol–water partition coefficient (Wildman–Crippen LogP) is 10.8. The molecule has 264 valence electrons. The summed E-state index contributed by atoms with van der Waals surface area (Å²) in [6.45, 7) is 29.8. The first kappa shape index (κ1) is 43.9. The Balaban J connectivity index is 0.000000738. The molecule has 2 aliphatic heterocycles. The number of hydrogen-bond donors (Lipinski definition) is 0. The van der Waals surface area contributed by atoms with Gasteiger partial charge in [0.1, 0.15) is 0 Å². The Labute approximate surface area is 282 Å². The Morgan fingerprint density at radius 2 is 1.37 bits per heavy atom. The van der Waals surface area contributed by atoms with Crippen molar-refractivity contribution in [1.82, 2.24) is 14.7 Å². The lowest BCUT2D eigenvalue weighted by Gasteiger charge is -2.34. The third-order valence-corrected chi connectivity index (χ3v) is 8.07. The fourth-order valence-corrected chi connectivity index (χ4v) is 5.52. The number of nitrogens with zero attached hydrogens (tertiary/aromatic N) is 3. The molecule has 0 radical (unpaired) electrons.